The van der Waals surface area contributed by atoms with Gasteiger partial charge < -0.3 is 15.4 Å². The second-order valence-electron chi connectivity index (χ2n) is 5.20. The zero-order chi connectivity index (χ0) is 16.4. The molecule has 0 amide bonds. The minimum absolute atomic E-state index is 0.212. The van der Waals surface area contributed by atoms with E-state index < -0.39 is 12.0 Å². The van der Waals surface area contributed by atoms with Crippen LogP contribution in [0.5, 0.6) is 0 Å². The molecule has 0 saturated carbocycles. The minimum Gasteiger partial charge on any atom is -0.459 e. The molecule has 22 heavy (non-hydrogen) atoms. The largest absolute Gasteiger partial charge is 0.459 e. The van der Waals surface area contributed by atoms with Gasteiger partial charge in [0.2, 0.25) is 0 Å². The fraction of sp³-hybridized carbons (Fsp3) is 0.333. The van der Waals surface area contributed by atoms with Crippen molar-refractivity contribution >= 4 is 46.5 Å². The van der Waals surface area contributed by atoms with Crippen LogP contribution in [0.15, 0.2) is 29.5 Å². The first-order valence-corrected chi connectivity index (χ1v) is 7.90. The molecule has 0 radical (unpaired) electrons. The molecule has 0 saturated heterocycles. The molecular formula is C15H16Cl2N2O2S. The maximum atomic E-state index is 12.4. The van der Waals surface area contributed by atoms with Crippen LogP contribution < -0.4 is 10.6 Å². The van der Waals surface area contributed by atoms with Crippen molar-refractivity contribution in [3.63, 3.8) is 0 Å². The Morgan fingerprint density at radius 2 is 2.00 bits per heavy atom. The zero-order valence-corrected chi connectivity index (χ0v) is 14.7. The summed E-state index contributed by atoms with van der Waals surface area (Å²) in [5.41, 5.74) is 1.92. The van der Waals surface area contributed by atoms with Crippen molar-refractivity contribution in [2.45, 2.75) is 32.9 Å². The Bertz CT molecular complexity index is 659. The van der Waals surface area contributed by atoms with E-state index in [1.54, 1.807) is 39.0 Å². The highest BCUT2D eigenvalue weighted by atomic mass is 35.5. The van der Waals surface area contributed by atoms with Crippen LogP contribution in [0.2, 0.25) is 10.0 Å². The van der Waals surface area contributed by atoms with Crippen molar-refractivity contribution < 1.29 is 9.53 Å². The monoisotopic (exact) mass is 358 g/mol. The van der Waals surface area contributed by atoms with Crippen LogP contribution in [0.4, 0.5) is 0 Å². The summed E-state index contributed by atoms with van der Waals surface area (Å²) in [5.74, 6) is -0.397. The fourth-order valence-electron chi connectivity index (χ4n) is 2.18. The minimum atomic E-state index is -0.435. The number of hydrogen-bond donors (Lipinski definition) is 2. The summed E-state index contributed by atoms with van der Waals surface area (Å²) in [6.07, 6.45) is -0.212. The lowest BCUT2D eigenvalue weighted by Gasteiger charge is -2.30. The molecule has 0 spiro atoms. The van der Waals surface area contributed by atoms with Gasteiger partial charge in [0, 0.05) is 5.70 Å². The molecule has 7 heteroatoms. The summed E-state index contributed by atoms with van der Waals surface area (Å²) < 4.78 is 5.32. The quantitative estimate of drug-likeness (QED) is 0.636. The zero-order valence-electron chi connectivity index (χ0n) is 12.4. The first kappa shape index (κ1) is 17.1. The van der Waals surface area contributed by atoms with E-state index in [2.05, 4.69) is 10.6 Å². The van der Waals surface area contributed by atoms with Crippen molar-refractivity contribution in [3.05, 3.63) is 45.1 Å². The standard InChI is InChI=1S/C15H16Cl2N2O2S/c1-7(2)21-14(20)12-8(3)18-15(22)19-13(12)9-4-5-10(16)11(17)6-9/h4-7,13H,1-3H3,(H2,18,19,22). The third-order valence-electron chi connectivity index (χ3n) is 3.11. The molecule has 1 atom stereocenters. The van der Waals surface area contributed by atoms with Gasteiger partial charge in [0.25, 0.3) is 0 Å². The number of esters is 1. The van der Waals surface area contributed by atoms with E-state index in [0.717, 1.165) is 5.56 Å². The molecule has 4 nitrogen and oxygen atoms in total. The van der Waals surface area contributed by atoms with Gasteiger partial charge in [-0.3, -0.25) is 0 Å². The lowest BCUT2D eigenvalue weighted by atomic mass is 9.95. The van der Waals surface area contributed by atoms with Gasteiger partial charge in [-0.05, 0) is 50.7 Å². The molecule has 1 aliphatic rings. The van der Waals surface area contributed by atoms with Crippen LogP contribution in [0.1, 0.15) is 32.4 Å². The molecule has 1 aliphatic heterocycles. The van der Waals surface area contributed by atoms with Crippen LogP contribution in [-0.4, -0.2) is 17.2 Å². The normalized spacial score (nSPS) is 18.1. The molecule has 1 aromatic carbocycles. The number of carbonyl (C=O) groups is 1. The van der Waals surface area contributed by atoms with Crippen molar-refractivity contribution in [3.8, 4) is 0 Å². The highest BCUT2D eigenvalue weighted by Gasteiger charge is 2.31. The molecule has 1 aromatic rings. The average molecular weight is 359 g/mol. The Balaban J connectivity index is 2.45. The van der Waals surface area contributed by atoms with E-state index in [0.29, 0.717) is 26.4 Å². The maximum Gasteiger partial charge on any atom is 0.338 e. The Kier molecular flexibility index (Phi) is 5.32. The lowest BCUT2D eigenvalue weighted by molar-refractivity contribution is -0.143. The predicted octanol–water partition coefficient (Wildman–Crippen LogP) is 3.74. The maximum absolute atomic E-state index is 12.4. The third-order valence-corrected chi connectivity index (χ3v) is 4.07. The number of halogens is 2. The number of benzene rings is 1. The van der Waals surface area contributed by atoms with Gasteiger partial charge >= 0.3 is 5.97 Å². The molecule has 0 aliphatic carbocycles. The molecule has 1 heterocycles. The first-order valence-electron chi connectivity index (χ1n) is 6.73. The highest BCUT2D eigenvalue weighted by molar-refractivity contribution is 7.80. The van der Waals surface area contributed by atoms with E-state index in [1.165, 1.54) is 0 Å². The number of nitrogens with one attached hydrogen (secondary N) is 2. The second-order valence-corrected chi connectivity index (χ2v) is 6.42. The van der Waals surface area contributed by atoms with Crippen LogP contribution >= 0.6 is 35.4 Å². The topological polar surface area (TPSA) is 50.4 Å². The molecular weight excluding hydrogens is 343 g/mol. The molecule has 2 N–H and O–H groups in total. The number of hydrogen-bond acceptors (Lipinski definition) is 3. The Morgan fingerprint density at radius 1 is 1.32 bits per heavy atom. The van der Waals surface area contributed by atoms with E-state index >= 15 is 0 Å². The molecule has 0 fully saturated rings. The van der Waals surface area contributed by atoms with Crippen LogP contribution in [0, 0.1) is 0 Å². The third kappa shape index (κ3) is 3.72. The number of carbonyl (C=O) groups excluding carboxylic acids is 1. The van der Waals surface area contributed by atoms with Crippen LogP contribution in [0.3, 0.4) is 0 Å². The van der Waals surface area contributed by atoms with E-state index in [1.807, 2.05) is 0 Å². The van der Waals surface area contributed by atoms with Gasteiger partial charge in [-0.15, -0.1) is 0 Å². The van der Waals surface area contributed by atoms with Gasteiger partial charge in [-0.2, -0.15) is 0 Å². The number of rotatable bonds is 3. The predicted molar refractivity (Wildman–Crippen MR) is 92.0 cm³/mol. The van der Waals surface area contributed by atoms with Gasteiger partial charge in [-0.25, -0.2) is 4.79 Å². The Hall–Kier alpha value is -1.30. The lowest BCUT2D eigenvalue weighted by Crippen LogP contribution is -2.45. The van der Waals surface area contributed by atoms with E-state index in [9.17, 15) is 4.79 Å². The molecule has 0 bridgehead atoms. The van der Waals surface area contributed by atoms with E-state index in [4.69, 9.17) is 40.2 Å². The summed E-state index contributed by atoms with van der Waals surface area (Å²) >= 11 is 17.2. The van der Waals surface area contributed by atoms with Crippen LogP contribution in [0.25, 0.3) is 0 Å². The fourth-order valence-corrected chi connectivity index (χ4v) is 2.76. The van der Waals surface area contributed by atoms with Gasteiger partial charge in [0.1, 0.15) is 0 Å². The summed E-state index contributed by atoms with van der Waals surface area (Å²) in [6.45, 7) is 5.39. The number of thiocarbonyl (C=S) groups is 1. The molecule has 1 unspecified atom stereocenters. The van der Waals surface area contributed by atoms with Crippen molar-refractivity contribution in [1.82, 2.24) is 10.6 Å². The Morgan fingerprint density at radius 3 is 2.59 bits per heavy atom. The second kappa shape index (κ2) is 6.86. The smallest absolute Gasteiger partial charge is 0.338 e. The molecule has 2 rings (SSSR count). The number of allylic oxidation sites excluding steroid dienone is 1. The highest BCUT2D eigenvalue weighted by Crippen LogP contribution is 2.32. The average Bonchev–Trinajstić information content (AvgIpc) is 2.39. The SMILES string of the molecule is CC1=C(C(=O)OC(C)C)C(c2ccc(Cl)c(Cl)c2)NC(=S)N1. The molecule has 118 valence electrons. The summed E-state index contributed by atoms with van der Waals surface area (Å²) in [5, 5.41) is 7.33. The van der Waals surface area contributed by atoms with Crippen molar-refractivity contribution in [2.24, 2.45) is 0 Å². The summed E-state index contributed by atoms with van der Waals surface area (Å²) in [4.78, 5) is 12.4. The summed E-state index contributed by atoms with van der Waals surface area (Å²) in [7, 11) is 0. The Labute approximate surface area is 144 Å². The van der Waals surface area contributed by atoms with Gasteiger partial charge in [0.15, 0.2) is 5.11 Å². The van der Waals surface area contributed by atoms with Crippen LogP contribution in [-0.2, 0) is 9.53 Å². The number of ether oxygens (including phenoxy) is 1. The summed E-state index contributed by atoms with van der Waals surface area (Å²) in [6, 6.07) is 4.77. The van der Waals surface area contributed by atoms with Crippen molar-refractivity contribution in [2.75, 3.05) is 0 Å². The first-order chi connectivity index (χ1) is 10.3. The van der Waals surface area contributed by atoms with E-state index in [-0.39, 0.29) is 6.10 Å². The molecule has 0 aromatic heterocycles. The van der Waals surface area contributed by atoms with Gasteiger partial charge in [0.05, 0.1) is 27.8 Å². The van der Waals surface area contributed by atoms with Crippen molar-refractivity contribution in [1.29, 1.82) is 0 Å². The van der Waals surface area contributed by atoms with Gasteiger partial charge in [-0.1, -0.05) is 29.3 Å².